The lowest BCUT2D eigenvalue weighted by atomic mass is 10.2. The number of amides is 1. The lowest BCUT2D eigenvalue weighted by Crippen LogP contribution is -2.33. The third-order valence-corrected chi connectivity index (χ3v) is 1.96. The van der Waals surface area contributed by atoms with Crippen LogP contribution < -0.4 is 5.32 Å². The van der Waals surface area contributed by atoms with Crippen LogP contribution in [0.2, 0.25) is 0 Å². The van der Waals surface area contributed by atoms with E-state index in [1.807, 2.05) is 13.0 Å². The van der Waals surface area contributed by atoms with Gasteiger partial charge in [0.2, 0.25) is 5.91 Å². The molecular formula is C8H12N2O. The van der Waals surface area contributed by atoms with Gasteiger partial charge in [-0.25, -0.2) is 0 Å². The van der Waals surface area contributed by atoms with Crippen molar-refractivity contribution in [3.63, 3.8) is 0 Å². The van der Waals surface area contributed by atoms with Crippen LogP contribution in [0.3, 0.4) is 0 Å². The van der Waals surface area contributed by atoms with Crippen molar-refractivity contribution >= 4 is 5.91 Å². The van der Waals surface area contributed by atoms with Crippen LogP contribution in [0, 0.1) is 17.2 Å². The summed E-state index contributed by atoms with van der Waals surface area (Å²) in [6, 6.07) is 2.08. The first-order valence-corrected chi connectivity index (χ1v) is 3.90. The Balaban J connectivity index is 2.18. The van der Waals surface area contributed by atoms with Gasteiger partial charge in [0.1, 0.15) is 6.42 Å². The summed E-state index contributed by atoms with van der Waals surface area (Å²) in [5.41, 5.74) is 0. The van der Waals surface area contributed by atoms with Crippen molar-refractivity contribution in [3.8, 4) is 6.07 Å². The molecule has 0 radical (unpaired) electrons. The molecule has 0 aliphatic heterocycles. The van der Waals surface area contributed by atoms with Gasteiger partial charge in [0.15, 0.2) is 0 Å². The second-order valence-corrected chi connectivity index (χ2v) is 3.03. The van der Waals surface area contributed by atoms with E-state index in [9.17, 15) is 4.79 Å². The molecular weight excluding hydrogens is 140 g/mol. The van der Waals surface area contributed by atoms with Crippen molar-refractivity contribution in [2.45, 2.75) is 32.2 Å². The van der Waals surface area contributed by atoms with Gasteiger partial charge in [-0.1, -0.05) is 0 Å². The molecule has 0 saturated heterocycles. The molecule has 1 N–H and O–H groups in total. The Hall–Kier alpha value is -1.04. The number of hydrogen-bond acceptors (Lipinski definition) is 2. The molecule has 1 fully saturated rings. The Morgan fingerprint density at radius 2 is 2.45 bits per heavy atom. The van der Waals surface area contributed by atoms with Crippen molar-refractivity contribution in [1.82, 2.24) is 5.32 Å². The largest absolute Gasteiger partial charge is 0.352 e. The normalized spacial score (nSPS) is 18.5. The highest BCUT2D eigenvalue weighted by molar-refractivity contribution is 5.78. The van der Waals surface area contributed by atoms with Crippen molar-refractivity contribution in [2.75, 3.05) is 0 Å². The molecule has 1 unspecified atom stereocenters. The fraction of sp³-hybridized carbons (Fsp3) is 0.750. The van der Waals surface area contributed by atoms with Crippen LogP contribution in [0.5, 0.6) is 0 Å². The van der Waals surface area contributed by atoms with Gasteiger partial charge < -0.3 is 5.32 Å². The Labute approximate surface area is 66.4 Å². The highest BCUT2D eigenvalue weighted by Crippen LogP contribution is 2.32. The monoisotopic (exact) mass is 152 g/mol. The lowest BCUT2D eigenvalue weighted by molar-refractivity contribution is -0.120. The van der Waals surface area contributed by atoms with E-state index in [4.69, 9.17) is 5.26 Å². The van der Waals surface area contributed by atoms with Crippen LogP contribution in [-0.4, -0.2) is 11.9 Å². The van der Waals surface area contributed by atoms with Gasteiger partial charge in [0.25, 0.3) is 0 Å². The number of carbonyl (C=O) groups excluding carboxylic acids is 1. The van der Waals surface area contributed by atoms with E-state index in [0.29, 0.717) is 5.92 Å². The average Bonchev–Trinajstić information content (AvgIpc) is 2.67. The fourth-order valence-corrected chi connectivity index (χ4v) is 1.09. The van der Waals surface area contributed by atoms with Crippen LogP contribution in [0.1, 0.15) is 26.2 Å². The molecule has 0 heterocycles. The SMILES string of the molecule is CC(NC(=O)CC#N)C1CC1. The minimum Gasteiger partial charge on any atom is -0.352 e. The summed E-state index contributed by atoms with van der Waals surface area (Å²) in [6.07, 6.45) is 2.42. The highest BCUT2D eigenvalue weighted by Gasteiger charge is 2.28. The average molecular weight is 152 g/mol. The van der Waals surface area contributed by atoms with Gasteiger partial charge in [-0.15, -0.1) is 0 Å². The smallest absolute Gasteiger partial charge is 0.234 e. The third-order valence-electron chi connectivity index (χ3n) is 1.96. The Kier molecular flexibility index (Phi) is 2.48. The molecule has 3 nitrogen and oxygen atoms in total. The Morgan fingerprint density at radius 1 is 1.82 bits per heavy atom. The number of hydrogen-bond donors (Lipinski definition) is 1. The van der Waals surface area contributed by atoms with Gasteiger partial charge in [-0.2, -0.15) is 5.26 Å². The van der Waals surface area contributed by atoms with E-state index >= 15 is 0 Å². The third kappa shape index (κ3) is 2.58. The van der Waals surface area contributed by atoms with E-state index in [-0.39, 0.29) is 18.4 Å². The molecule has 0 bridgehead atoms. The number of nitrogens with zero attached hydrogens (tertiary/aromatic N) is 1. The standard InChI is InChI=1S/C8H12N2O/c1-6(7-2-3-7)10-8(11)4-5-9/h6-7H,2-4H2,1H3,(H,10,11). The second-order valence-electron chi connectivity index (χ2n) is 3.03. The minimum atomic E-state index is -0.146. The zero-order valence-corrected chi connectivity index (χ0v) is 6.63. The van der Waals surface area contributed by atoms with E-state index in [1.54, 1.807) is 0 Å². The van der Waals surface area contributed by atoms with Crippen molar-refractivity contribution < 1.29 is 4.79 Å². The summed E-state index contributed by atoms with van der Waals surface area (Å²) >= 11 is 0. The summed E-state index contributed by atoms with van der Waals surface area (Å²) < 4.78 is 0. The lowest BCUT2D eigenvalue weighted by Gasteiger charge is -2.10. The molecule has 0 spiro atoms. The molecule has 1 rings (SSSR count). The van der Waals surface area contributed by atoms with Crippen LogP contribution in [0.15, 0.2) is 0 Å². The van der Waals surface area contributed by atoms with Crippen molar-refractivity contribution in [2.24, 2.45) is 5.92 Å². The van der Waals surface area contributed by atoms with Crippen LogP contribution in [0.25, 0.3) is 0 Å². The predicted molar refractivity (Wildman–Crippen MR) is 40.6 cm³/mol. The summed E-state index contributed by atoms with van der Waals surface area (Å²) in [6.45, 7) is 1.99. The van der Waals surface area contributed by atoms with Gasteiger partial charge in [-0.05, 0) is 25.7 Å². The zero-order valence-electron chi connectivity index (χ0n) is 6.63. The van der Waals surface area contributed by atoms with Gasteiger partial charge >= 0.3 is 0 Å². The maximum atomic E-state index is 10.9. The number of nitrogens with one attached hydrogen (secondary N) is 1. The molecule has 11 heavy (non-hydrogen) atoms. The molecule has 1 amide bonds. The molecule has 1 atom stereocenters. The van der Waals surface area contributed by atoms with Crippen molar-refractivity contribution in [1.29, 1.82) is 5.26 Å². The number of rotatable bonds is 3. The van der Waals surface area contributed by atoms with Gasteiger partial charge in [0.05, 0.1) is 6.07 Å². The number of nitriles is 1. The zero-order chi connectivity index (χ0) is 8.27. The van der Waals surface area contributed by atoms with Crippen LogP contribution in [-0.2, 0) is 4.79 Å². The van der Waals surface area contributed by atoms with Crippen LogP contribution >= 0.6 is 0 Å². The summed E-state index contributed by atoms with van der Waals surface area (Å²) in [4.78, 5) is 10.9. The molecule has 0 aromatic carbocycles. The minimum absolute atomic E-state index is 0.0168. The van der Waals surface area contributed by atoms with E-state index in [1.165, 1.54) is 12.8 Å². The van der Waals surface area contributed by atoms with E-state index < -0.39 is 0 Å². The molecule has 3 heteroatoms. The van der Waals surface area contributed by atoms with Gasteiger partial charge in [-0.3, -0.25) is 4.79 Å². The van der Waals surface area contributed by atoms with Crippen LogP contribution in [0.4, 0.5) is 0 Å². The summed E-state index contributed by atoms with van der Waals surface area (Å²) in [7, 11) is 0. The molecule has 60 valence electrons. The van der Waals surface area contributed by atoms with E-state index in [2.05, 4.69) is 5.32 Å². The fourth-order valence-electron chi connectivity index (χ4n) is 1.09. The molecule has 1 aliphatic carbocycles. The summed E-state index contributed by atoms with van der Waals surface area (Å²) in [5, 5.41) is 11.0. The predicted octanol–water partition coefficient (Wildman–Crippen LogP) is 0.815. The molecule has 1 aliphatic rings. The summed E-state index contributed by atoms with van der Waals surface area (Å²) in [5.74, 6) is 0.518. The first-order valence-electron chi connectivity index (χ1n) is 3.90. The first-order chi connectivity index (χ1) is 5.24. The maximum Gasteiger partial charge on any atom is 0.234 e. The molecule has 1 saturated carbocycles. The highest BCUT2D eigenvalue weighted by atomic mass is 16.1. The molecule has 0 aromatic heterocycles. The van der Waals surface area contributed by atoms with Crippen molar-refractivity contribution in [3.05, 3.63) is 0 Å². The first kappa shape index (κ1) is 8.06. The number of carbonyl (C=O) groups is 1. The quantitative estimate of drug-likeness (QED) is 0.650. The Bertz CT molecular complexity index is 191. The van der Waals surface area contributed by atoms with E-state index in [0.717, 1.165) is 0 Å². The second kappa shape index (κ2) is 3.38. The Morgan fingerprint density at radius 3 is 2.91 bits per heavy atom. The maximum absolute atomic E-state index is 10.9. The topological polar surface area (TPSA) is 52.9 Å². The van der Waals surface area contributed by atoms with Gasteiger partial charge in [0, 0.05) is 6.04 Å². The molecule has 0 aromatic rings.